The molecule has 19 heavy (non-hydrogen) atoms. The zero-order valence-corrected chi connectivity index (χ0v) is 14.1. The van der Waals surface area contributed by atoms with Gasteiger partial charge in [0, 0.05) is 11.9 Å². The molecule has 0 aromatic heterocycles. The fourth-order valence-electron chi connectivity index (χ4n) is 1.41. The number of rotatable bonds is 0. The van der Waals surface area contributed by atoms with Gasteiger partial charge in [0.15, 0.2) is 0 Å². The first-order valence-electron chi connectivity index (χ1n) is 5.57. The van der Waals surface area contributed by atoms with Crippen LogP contribution in [0.5, 0.6) is 0 Å². The average molecular weight is 356 g/mol. The van der Waals surface area contributed by atoms with Crippen molar-refractivity contribution >= 4 is 11.9 Å². The molecular formula is C14H21O4Rh+. The number of carboxylic acids is 2. The number of carboxylic acid groups (broad SMARTS) is 2. The predicted octanol–water partition coefficient (Wildman–Crippen LogP) is 0.482. The quantitative estimate of drug-likeness (QED) is 0.592. The predicted molar refractivity (Wildman–Crippen MR) is 65.9 cm³/mol. The summed E-state index contributed by atoms with van der Waals surface area (Å²) in [4.78, 5) is 17.8. The van der Waals surface area contributed by atoms with Crippen LogP contribution in [-0.4, -0.2) is 11.9 Å². The molecule has 109 valence electrons. The van der Waals surface area contributed by atoms with Gasteiger partial charge < -0.3 is 19.8 Å². The summed E-state index contributed by atoms with van der Waals surface area (Å²) >= 11 is 0. The van der Waals surface area contributed by atoms with E-state index in [4.69, 9.17) is 19.8 Å². The maximum atomic E-state index is 8.89. The van der Waals surface area contributed by atoms with Crippen LogP contribution in [0.2, 0.25) is 0 Å². The Kier molecular flexibility index (Phi) is 14.2. The van der Waals surface area contributed by atoms with Gasteiger partial charge in [0.1, 0.15) is 0 Å². The summed E-state index contributed by atoms with van der Waals surface area (Å²) in [6, 6.07) is 0. The van der Waals surface area contributed by atoms with E-state index in [1.54, 1.807) is 0 Å². The smallest absolute Gasteiger partial charge is 0.550 e. The molecule has 5 radical (unpaired) electrons. The van der Waals surface area contributed by atoms with Crippen molar-refractivity contribution in [1.82, 2.24) is 0 Å². The van der Waals surface area contributed by atoms with Crippen LogP contribution in [0.3, 0.4) is 0 Å². The first-order valence-corrected chi connectivity index (χ1v) is 5.57. The fourth-order valence-corrected chi connectivity index (χ4v) is 1.41. The van der Waals surface area contributed by atoms with E-state index in [0.717, 1.165) is 13.8 Å². The van der Waals surface area contributed by atoms with Crippen LogP contribution < -0.4 is 10.2 Å². The van der Waals surface area contributed by atoms with Crippen molar-refractivity contribution in [3.63, 3.8) is 0 Å². The van der Waals surface area contributed by atoms with Crippen LogP contribution in [0, 0.1) is 29.6 Å². The van der Waals surface area contributed by atoms with Crippen LogP contribution in [0.25, 0.3) is 0 Å². The van der Waals surface area contributed by atoms with Crippen LogP contribution in [0.1, 0.15) is 48.5 Å². The molecule has 4 nitrogen and oxygen atoms in total. The van der Waals surface area contributed by atoms with Crippen LogP contribution >= 0.6 is 0 Å². The minimum atomic E-state index is -1.08. The number of hydrogen-bond donors (Lipinski definition) is 0. The molecule has 0 heterocycles. The van der Waals surface area contributed by atoms with Crippen molar-refractivity contribution in [2.75, 3.05) is 0 Å². The summed E-state index contributed by atoms with van der Waals surface area (Å²) in [5.74, 6) is 5.17. The second-order valence-electron chi connectivity index (χ2n) is 4.11. The summed E-state index contributed by atoms with van der Waals surface area (Å²) in [6.07, 6.45) is 0. The Morgan fingerprint density at radius 1 is 0.632 bits per heavy atom. The number of aliphatic carboxylic acids is 2. The maximum Gasteiger partial charge on any atom is 3.00 e. The Bertz CT molecular complexity index is 203. The summed E-state index contributed by atoms with van der Waals surface area (Å²) in [5.41, 5.74) is 0. The first kappa shape index (κ1) is 23.6. The average Bonchev–Trinajstić information content (AvgIpc) is 2.35. The first-order chi connectivity index (χ1) is 8.02. The van der Waals surface area contributed by atoms with Gasteiger partial charge in [0.2, 0.25) is 0 Å². The van der Waals surface area contributed by atoms with Crippen LogP contribution in [0.15, 0.2) is 0 Å². The minimum absolute atomic E-state index is 0. The topological polar surface area (TPSA) is 80.3 Å². The Hall–Kier alpha value is -0.437. The Balaban J connectivity index is -0.000000242. The van der Waals surface area contributed by atoms with Gasteiger partial charge in [-0.2, -0.15) is 0 Å². The van der Waals surface area contributed by atoms with Gasteiger partial charge in [-0.25, -0.2) is 0 Å². The van der Waals surface area contributed by atoms with Crippen molar-refractivity contribution in [2.24, 2.45) is 0 Å². The molecule has 0 N–H and O–H groups in total. The molecule has 1 aliphatic carbocycles. The zero-order valence-electron chi connectivity index (χ0n) is 12.5. The molecule has 0 unspecified atom stereocenters. The number of carbonyl (C=O) groups excluding carboxylic acids is 2. The van der Waals surface area contributed by atoms with E-state index in [1.165, 1.54) is 29.6 Å². The Morgan fingerprint density at radius 3 is 0.737 bits per heavy atom. The molecule has 0 aliphatic heterocycles. The molecule has 1 fully saturated rings. The second-order valence-corrected chi connectivity index (χ2v) is 4.11. The van der Waals surface area contributed by atoms with Gasteiger partial charge in [-0.15, -0.1) is 0 Å². The molecule has 0 bridgehead atoms. The Morgan fingerprint density at radius 2 is 0.684 bits per heavy atom. The minimum Gasteiger partial charge on any atom is -0.550 e. The second kappa shape index (κ2) is 11.4. The number of carbonyl (C=O) groups is 2. The maximum absolute atomic E-state index is 8.89. The third-order valence-corrected chi connectivity index (χ3v) is 2.81. The third-order valence-electron chi connectivity index (χ3n) is 2.81. The van der Waals surface area contributed by atoms with Gasteiger partial charge in [0.25, 0.3) is 0 Å². The van der Waals surface area contributed by atoms with E-state index in [1.807, 2.05) is 0 Å². The van der Waals surface area contributed by atoms with Crippen molar-refractivity contribution in [3.05, 3.63) is 29.6 Å². The zero-order chi connectivity index (χ0) is 15.0. The van der Waals surface area contributed by atoms with E-state index in [9.17, 15) is 0 Å². The standard InChI is InChI=1S/C10H15.2C2H4O2.Rh/c1-6-7(2)9(4)10(5)8(6)3;2*1-2(3)4;/h1-5H3;2*1H3,(H,3,4);/q;;;+3/p-2. The Labute approximate surface area is 129 Å². The SMILES string of the molecule is CC(=O)[O-].CC(=O)[O-].C[C]1[C](C)[C](C)[C](C)[C]1C.[Rh+3]. The van der Waals surface area contributed by atoms with Gasteiger partial charge >= 0.3 is 19.5 Å². The molecule has 1 saturated carbocycles. The molecule has 5 heteroatoms. The van der Waals surface area contributed by atoms with Gasteiger partial charge in [0.05, 0.1) is 0 Å². The molecule has 0 amide bonds. The van der Waals surface area contributed by atoms with Crippen molar-refractivity contribution in [3.8, 4) is 0 Å². The van der Waals surface area contributed by atoms with E-state index >= 15 is 0 Å². The van der Waals surface area contributed by atoms with Crippen molar-refractivity contribution in [2.45, 2.75) is 48.5 Å². The summed E-state index contributed by atoms with van der Waals surface area (Å²) < 4.78 is 0. The van der Waals surface area contributed by atoms with E-state index in [-0.39, 0.29) is 19.5 Å². The van der Waals surface area contributed by atoms with Gasteiger partial charge in [-0.1, -0.05) is 34.6 Å². The third kappa shape index (κ3) is 11.1. The van der Waals surface area contributed by atoms with Gasteiger partial charge in [-0.05, 0) is 43.4 Å². The van der Waals surface area contributed by atoms with Crippen LogP contribution in [0.4, 0.5) is 0 Å². The summed E-state index contributed by atoms with van der Waals surface area (Å²) in [7, 11) is 0. The molecule has 0 spiro atoms. The molecule has 0 aromatic rings. The largest absolute Gasteiger partial charge is 3.00 e. The molecule has 0 saturated heterocycles. The normalized spacial score (nSPS) is 17.6. The monoisotopic (exact) mass is 356 g/mol. The van der Waals surface area contributed by atoms with Crippen molar-refractivity contribution in [1.29, 1.82) is 0 Å². The fraction of sp³-hybridized carbons (Fsp3) is 0.500. The van der Waals surface area contributed by atoms with E-state index in [0.29, 0.717) is 0 Å². The van der Waals surface area contributed by atoms with E-state index < -0.39 is 11.9 Å². The van der Waals surface area contributed by atoms with Crippen LogP contribution in [-0.2, 0) is 29.1 Å². The molecule has 1 aliphatic rings. The summed E-state index contributed by atoms with van der Waals surface area (Å²) in [6.45, 7) is 12.9. The number of hydrogen-bond acceptors (Lipinski definition) is 4. The molecule has 0 atom stereocenters. The van der Waals surface area contributed by atoms with Gasteiger partial charge in [-0.3, -0.25) is 0 Å². The molecule has 0 aromatic carbocycles. The van der Waals surface area contributed by atoms with E-state index in [2.05, 4.69) is 34.6 Å². The molecular weight excluding hydrogens is 335 g/mol. The summed E-state index contributed by atoms with van der Waals surface area (Å²) in [5, 5.41) is 17.8. The van der Waals surface area contributed by atoms with Crippen molar-refractivity contribution < 1.29 is 39.3 Å². The molecule has 1 rings (SSSR count).